The molecule has 5 heteroatoms. The van der Waals surface area contributed by atoms with Crippen molar-refractivity contribution in [2.24, 2.45) is 5.41 Å². The first kappa shape index (κ1) is 14.9. The molecular weight excluding hydrogens is 301 g/mol. The van der Waals surface area contributed by atoms with Crippen molar-refractivity contribution in [1.29, 1.82) is 0 Å². The maximum atomic E-state index is 6.30. The molecule has 2 aromatic rings. The number of nitrogens with zero attached hydrogens (tertiary/aromatic N) is 1. The van der Waals surface area contributed by atoms with Gasteiger partial charge in [-0.25, -0.2) is 0 Å². The molecule has 0 saturated carbocycles. The predicted molar refractivity (Wildman–Crippen MR) is 88.2 cm³/mol. The monoisotopic (exact) mass is 319 g/mol. The second kappa shape index (κ2) is 5.62. The Morgan fingerprint density at radius 3 is 2.52 bits per heavy atom. The van der Waals surface area contributed by atoms with Crippen molar-refractivity contribution < 1.29 is 9.05 Å². The number of rotatable bonds is 2. The van der Waals surface area contributed by atoms with Crippen LogP contribution in [-0.4, -0.2) is 11.6 Å². The second-order valence-corrected chi connectivity index (χ2v) is 9.21. The van der Waals surface area contributed by atoms with Gasteiger partial charge in [-0.3, -0.25) is 4.98 Å². The molecule has 1 aromatic heterocycles. The largest absolute Gasteiger partial charge is 0.324 e. The molecule has 2 heterocycles. The van der Waals surface area contributed by atoms with E-state index in [0.29, 0.717) is 6.61 Å². The molecule has 1 aromatic carbocycles. The summed E-state index contributed by atoms with van der Waals surface area (Å²) in [6.07, 6.45) is 1.65. The molecule has 1 fully saturated rings. The summed E-state index contributed by atoms with van der Waals surface area (Å²) in [5, 5.41) is 0. The topological polar surface area (TPSA) is 31.4 Å². The van der Waals surface area contributed by atoms with Crippen molar-refractivity contribution in [2.75, 3.05) is 6.61 Å². The lowest BCUT2D eigenvalue weighted by Crippen LogP contribution is -2.35. The summed E-state index contributed by atoms with van der Waals surface area (Å²) in [5.74, 6) is 0. The average molecular weight is 319 g/mol. The lowest BCUT2D eigenvalue weighted by molar-refractivity contribution is -0.00911. The van der Waals surface area contributed by atoms with Crippen LogP contribution in [-0.2, 0) is 20.9 Å². The highest BCUT2D eigenvalue weighted by molar-refractivity contribution is 8.13. The normalized spacial score (nSPS) is 28.2. The highest BCUT2D eigenvalue weighted by atomic mass is 32.5. The van der Waals surface area contributed by atoms with E-state index in [9.17, 15) is 0 Å². The van der Waals surface area contributed by atoms with Gasteiger partial charge in [0.25, 0.3) is 0 Å². The van der Waals surface area contributed by atoms with E-state index < -0.39 is 6.49 Å². The molecule has 1 saturated heterocycles. The summed E-state index contributed by atoms with van der Waals surface area (Å²) in [6, 6.07) is 15.9. The predicted octanol–water partition coefficient (Wildman–Crippen LogP) is 3.83. The minimum atomic E-state index is -2.55. The molecule has 2 atom stereocenters. The first-order valence-electron chi connectivity index (χ1n) is 6.91. The van der Waals surface area contributed by atoms with Crippen molar-refractivity contribution in [3.63, 3.8) is 0 Å². The van der Waals surface area contributed by atoms with E-state index in [1.807, 2.05) is 36.4 Å². The van der Waals surface area contributed by atoms with Crippen molar-refractivity contribution >= 4 is 23.7 Å². The summed E-state index contributed by atoms with van der Waals surface area (Å²) in [7, 11) is 0. The van der Waals surface area contributed by atoms with E-state index in [4.69, 9.17) is 20.9 Å². The molecule has 0 amide bonds. The maximum absolute atomic E-state index is 6.30. The Morgan fingerprint density at radius 1 is 1.14 bits per heavy atom. The molecule has 21 heavy (non-hydrogen) atoms. The van der Waals surface area contributed by atoms with Crippen LogP contribution < -0.4 is 5.44 Å². The van der Waals surface area contributed by atoms with Crippen LogP contribution in [0.3, 0.4) is 0 Å². The molecule has 1 aliphatic heterocycles. The Labute approximate surface area is 130 Å². The molecule has 0 N–H and O–H groups in total. The quantitative estimate of drug-likeness (QED) is 0.787. The Hall–Kier alpha value is -1.06. The lowest BCUT2D eigenvalue weighted by atomic mass is 9.83. The van der Waals surface area contributed by atoms with Crippen LogP contribution in [0, 0.1) is 5.41 Å². The summed E-state index contributed by atoms with van der Waals surface area (Å²) in [6.45, 7) is 2.31. The fourth-order valence-electron chi connectivity index (χ4n) is 2.41. The number of hydrogen-bond acceptors (Lipinski definition) is 4. The highest BCUT2D eigenvalue weighted by Crippen LogP contribution is 2.59. The molecule has 3 nitrogen and oxygen atoms in total. The number of pyridine rings is 1. The molecule has 0 aliphatic carbocycles. The van der Waals surface area contributed by atoms with Crippen LogP contribution in [0.2, 0.25) is 0 Å². The van der Waals surface area contributed by atoms with Gasteiger partial charge >= 0.3 is 0 Å². The van der Waals surface area contributed by atoms with Gasteiger partial charge in [0.05, 0.1) is 12.7 Å². The zero-order chi connectivity index (χ0) is 14.9. The zero-order valence-corrected chi connectivity index (χ0v) is 13.8. The highest BCUT2D eigenvalue weighted by Gasteiger charge is 2.43. The third-order valence-corrected chi connectivity index (χ3v) is 6.51. The van der Waals surface area contributed by atoms with Gasteiger partial charge in [-0.1, -0.05) is 50.2 Å². The minimum Gasteiger partial charge on any atom is -0.324 e. The Kier molecular flexibility index (Phi) is 3.98. The van der Waals surface area contributed by atoms with Gasteiger partial charge in [-0.15, -0.1) is 0 Å². The van der Waals surface area contributed by atoms with Gasteiger partial charge in [0.1, 0.15) is 5.44 Å². The smallest absolute Gasteiger partial charge is 0.238 e. The zero-order valence-electron chi connectivity index (χ0n) is 12.1. The molecule has 110 valence electrons. The first-order valence-corrected chi connectivity index (χ1v) is 9.55. The standard InChI is InChI=1S/C16H18NO2PS/c1-16(2)12-18-20(21,14-10-6-7-11-17-14)19-15(16)13-8-4-3-5-9-13/h3-11,15H,12H2,1-2H3/t15-,20+/m1/s1. The van der Waals surface area contributed by atoms with E-state index in [2.05, 4.69) is 31.0 Å². The van der Waals surface area contributed by atoms with Gasteiger partial charge in [0, 0.05) is 11.6 Å². The van der Waals surface area contributed by atoms with Crippen molar-refractivity contribution in [3.8, 4) is 0 Å². The number of hydrogen-bond donors (Lipinski definition) is 0. The van der Waals surface area contributed by atoms with Gasteiger partial charge in [0.15, 0.2) is 0 Å². The summed E-state index contributed by atoms with van der Waals surface area (Å²) in [4.78, 5) is 4.35. The van der Waals surface area contributed by atoms with Crippen LogP contribution in [0.25, 0.3) is 0 Å². The van der Waals surface area contributed by atoms with E-state index >= 15 is 0 Å². The molecule has 0 bridgehead atoms. The third-order valence-electron chi connectivity index (χ3n) is 3.59. The van der Waals surface area contributed by atoms with Crippen LogP contribution in [0.15, 0.2) is 54.7 Å². The van der Waals surface area contributed by atoms with Gasteiger partial charge < -0.3 is 9.05 Å². The Bertz CT molecular complexity index is 660. The molecule has 0 spiro atoms. The lowest BCUT2D eigenvalue weighted by Gasteiger charge is -2.43. The fraction of sp³-hybridized carbons (Fsp3) is 0.312. The maximum Gasteiger partial charge on any atom is 0.238 e. The molecular formula is C16H18NO2PS. The second-order valence-electron chi connectivity index (χ2n) is 5.84. The van der Waals surface area contributed by atoms with Gasteiger partial charge in [-0.2, -0.15) is 0 Å². The van der Waals surface area contributed by atoms with Crippen LogP contribution in [0.5, 0.6) is 0 Å². The number of benzene rings is 1. The molecule has 1 aliphatic rings. The van der Waals surface area contributed by atoms with E-state index in [1.54, 1.807) is 6.20 Å². The van der Waals surface area contributed by atoms with E-state index in [0.717, 1.165) is 11.0 Å². The minimum absolute atomic E-state index is 0.0831. The molecule has 3 rings (SSSR count). The Balaban J connectivity index is 1.98. The SMILES string of the molecule is CC1(C)CO[P@@](=S)(c2ccccn2)O[C@@H]1c1ccccc1. The molecule has 0 unspecified atom stereocenters. The summed E-state index contributed by atoms with van der Waals surface area (Å²) >= 11 is 5.70. The van der Waals surface area contributed by atoms with Crippen LogP contribution >= 0.6 is 6.49 Å². The van der Waals surface area contributed by atoms with Gasteiger partial charge in [0.2, 0.25) is 6.49 Å². The summed E-state index contributed by atoms with van der Waals surface area (Å²) < 4.78 is 12.3. The first-order chi connectivity index (χ1) is 10.0. The van der Waals surface area contributed by atoms with Gasteiger partial charge in [-0.05, 0) is 29.5 Å². The van der Waals surface area contributed by atoms with E-state index in [-0.39, 0.29) is 11.5 Å². The van der Waals surface area contributed by atoms with Crippen LogP contribution in [0.4, 0.5) is 0 Å². The Morgan fingerprint density at radius 2 is 1.86 bits per heavy atom. The van der Waals surface area contributed by atoms with Crippen molar-refractivity contribution in [3.05, 3.63) is 60.3 Å². The fourth-order valence-corrected chi connectivity index (χ4v) is 5.12. The molecule has 0 radical (unpaired) electrons. The van der Waals surface area contributed by atoms with Crippen molar-refractivity contribution in [2.45, 2.75) is 20.0 Å². The van der Waals surface area contributed by atoms with Crippen LogP contribution in [0.1, 0.15) is 25.5 Å². The summed E-state index contributed by atoms with van der Waals surface area (Å²) in [5.41, 5.74) is 1.74. The third kappa shape index (κ3) is 2.95. The van der Waals surface area contributed by atoms with Crippen molar-refractivity contribution in [1.82, 2.24) is 4.98 Å². The average Bonchev–Trinajstić information content (AvgIpc) is 2.52. The van der Waals surface area contributed by atoms with E-state index in [1.165, 1.54) is 0 Å². The number of aromatic nitrogens is 1.